The van der Waals surface area contributed by atoms with Gasteiger partial charge in [-0.15, -0.1) is 0 Å². The fourth-order valence-electron chi connectivity index (χ4n) is 5.66. The lowest BCUT2D eigenvalue weighted by atomic mass is 9.85. The van der Waals surface area contributed by atoms with Gasteiger partial charge < -0.3 is 14.8 Å². The highest BCUT2D eigenvalue weighted by atomic mass is 16.6. The summed E-state index contributed by atoms with van der Waals surface area (Å²) in [5.41, 5.74) is 4.60. The summed E-state index contributed by atoms with van der Waals surface area (Å²) in [6, 6.07) is 10.4. The number of rotatable bonds is 5. The van der Waals surface area contributed by atoms with E-state index < -0.39 is 0 Å². The number of benzene rings is 1. The summed E-state index contributed by atoms with van der Waals surface area (Å²) in [4.78, 5) is 19.5. The average molecular weight is 436 g/mol. The predicted molar refractivity (Wildman–Crippen MR) is 124 cm³/mol. The molecule has 1 unspecified atom stereocenters. The normalized spacial score (nSPS) is 27.6. The number of nitrogens with zero attached hydrogens (tertiary/aromatic N) is 2. The van der Waals surface area contributed by atoms with Crippen LogP contribution in [-0.4, -0.2) is 48.3 Å². The van der Waals surface area contributed by atoms with Gasteiger partial charge in [-0.2, -0.15) is 0 Å². The Morgan fingerprint density at radius 2 is 1.97 bits per heavy atom. The number of carbonyl (C=O) groups is 1. The number of piperidine rings is 3. The maximum absolute atomic E-state index is 12.9. The SMILES string of the molecule is CCOc1cc(-c2ccc3c(c2)CC(C)(C)C3NC(=O)O[C@H]2CN3CCC2CC3)ccn1. The third-order valence-corrected chi connectivity index (χ3v) is 7.36. The Morgan fingerprint density at radius 3 is 2.69 bits per heavy atom. The van der Waals surface area contributed by atoms with Gasteiger partial charge in [0.1, 0.15) is 6.10 Å². The van der Waals surface area contributed by atoms with Gasteiger partial charge in [0.05, 0.1) is 12.6 Å². The van der Waals surface area contributed by atoms with E-state index in [-0.39, 0.29) is 23.7 Å². The van der Waals surface area contributed by atoms with Crippen molar-refractivity contribution in [2.45, 2.75) is 52.2 Å². The maximum atomic E-state index is 12.9. The Labute approximate surface area is 190 Å². The van der Waals surface area contributed by atoms with Crippen LogP contribution in [0.15, 0.2) is 36.5 Å². The van der Waals surface area contributed by atoms with Crippen LogP contribution in [0.1, 0.15) is 50.8 Å². The number of alkyl carbamates (subject to hydrolysis) is 1. The van der Waals surface area contributed by atoms with Crippen LogP contribution in [-0.2, 0) is 11.2 Å². The first kappa shape index (κ1) is 21.3. The molecule has 2 atom stereocenters. The van der Waals surface area contributed by atoms with E-state index in [1.165, 1.54) is 11.1 Å². The molecule has 2 aromatic rings. The lowest BCUT2D eigenvalue weighted by Crippen LogP contribution is -2.53. The summed E-state index contributed by atoms with van der Waals surface area (Å²) < 4.78 is 11.5. The highest BCUT2D eigenvalue weighted by Crippen LogP contribution is 2.46. The van der Waals surface area contributed by atoms with E-state index >= 15 is 0 Å². The number of amides is 1. The third kappa shape index (κ3) is 4.08. The molecule has 3 saturated heterocycles. The van der Waals surface area contributed by atoms with Crippen LogP contribution in [0.3, 0.4) is 0 Å². The van der Waals surface area contributed by atoms with Crippen LogP contribution >= 0.6 is 0 Å². The molecule has 1 aliphatic carbocycles. The molecule has 2 bridgehead atoms. The lowest BCUT2D eigenvalue weighted by Gasteiger charge is -2.44. The van der Waals surface area contributed by atoms with Gasteiger partial charge in [-0.25, -0.2) is 9.78 Å². The molecular weight excluding hydrogens is 402 g/mol. The van der Waals surface area contributed by atoms with Gasteiger partial charge in [0.2, 0.25) is 5.88 Å². The van der Waals surface area contributed by atoms with E-state index in [4.69, 9.17) is 9.47 Å². The van der Waals surface area contributed by atoms with Crippen molar-refractivity contribution in [2.75, 3.05) is 26.2 Å². The number of hydrogen-bond acceptors (Lipinski definition) is 5. The quantitative estimate of drug-likeness (QED) is 0.744. The molecule has 32 heavy (non-hydrogen) atoms. The molecule has 1 aromatic heterocycles. The fraction of sp³-hybridized carbons (Fsp3) is 0.538. The Bertz CT molecular complexity index is 998. The largest absolute Gasteiger partial charge is 0.478 e. The molecule has 1 N–H and O–H groups in total. The Kier molecular flexibility index (Phi) is 5.58. The zero-order valence-corrected chi connectivity index (χ0v) is 19.3. The van der Waals surface area contributed by atoms with Crippen molar-refractivity contribution in [2.24, 2.45) is 11.3 Å². The molecule has 0 saturated carbocycles. The number of nitrogens with one attached hydrogen (secondary N) is 1. The van der Waals surface area contributed by atoms with Crippen molar-refractivity contribution in [1.82, 2.24) is 15.2 Å². The number of hydrogen-bond donors (Lipinski definition) is 1. The topological polar surface area (TPSA) is 63.7 Å². The lowest BCUT2D eigenvalue weighted by molar-refractivity contribution is -0.0348. The summed E-state index contributed by atoms with van der Waals surface area (Å²) in [6.45, 7) is 10.1. The van der Waals surface area contributed by atoms with Crippen molar-refractivity contribution in [1.29, 1.82) is 0 Å². The number of carbonyl (C=O) groups excluding carboxylic acids is 1. The Balaban J connectivity index is 1.32. The van der Waals surface area contributed by atoms with Crippen molar-refractivity contribution in [3.8, 4) is 17.0 Å². The van der Waals surface area contributed by atoms with Crippen LogP contribution in [0.4, 0.5) is 4.79 Å². The van der Waals surface area contributed by atoms with Gasteiger partial charge in [-0.1, -0.05) is 32.0 Å². The van der Waals surface area contributed by atoms with Crippen LogP contribution in [0.25, 0.3) is 11.1 Å². The van der Waals surface area contributed by atoms with Crippen molar-refractivity contribution < 1.29 is 14.3 Å². The molecule has 1 aromatic carbocycles. The second kappa shape index (κ2) is 8.39. The first-order chi connectivity index (χ1) is 15.4. The Hall–Kier alpha value is -2.60. The zero-order valence-electron chi connectivity index (χ0n) is 19.3. The fourth-order valence-corrected chi connectivity index (χ4v) is 5.66. The standard InChI is InChI=1S/C26H33N3O3/c1-4-31-23-14-19(7-10-27-23)18-5-6-21-20(13-18)15-26(2,3)24(21)28-25(30)32-22-16-29-11-8-17(22)9-12-29/h5-7,10,13-14,17,22,24H,4,8-9,11-12,15-16H2,1-3H3,(H,28,30)/t22-,24?/m0/s1. The second-order valence-electron chi connectivity index (χ2n) is 10.1. The van der Waals surface area contributed by atoms with E-state index in [9.17, 15) is 4.79 Å². The molecule has 6 nitrogen and oxygen atoms in total. The first-order valence-electron chi connectivity index (χ1n) is 11.8. The van der Waals surface area contributed by atoms with Crippen molar-refractivity contribution in [3.05, 3.63) is 47.7 Å². The van der Waals surface area contributed by atoms with Crippen LogP contribution in [0.2, 0.25) is 0 Å². The van der Waals surface area contributed by atoms with E-state index in [1.54, 1.807) is 6.20 Å². The third-order valence-electron chi connectivity index (χ3n) is 7.36. The van der Waals surface area contributed by atoms with Crippen molar-refractivity contribution >= 4 is 6.09 Å². The first-order valence-corrected chi connectivity index (χ1v) is 11.8. The van der Waals surface area contributed by atoms with E-state index in [0.717, 1.165) is 50.0 Å². The molecule has 3 fully saturated rings. The maximum Gasteiger partial charge on any atom is 0.407 e. The molecule has 0 radical (unpaired) electrons. The molecule has 1 amide bonds. The molecule has 4 heterocycles. The number of fused-ring (bicyclic) bond motifs is 4. The minimum absolute atomic E-state index is 0.0232. The van der Waals surface area contributed by atoms with E-state index in [1.807, 2.05) is 19.1 Å². The second-order valence-corrected chi connectivity index (χ2v) is 10.1. The molecule has 4 aliphatic rings. The van der Waals surface area contributed by atoms with Gasteiger partial charge in [0, 0.05) is 18.8 Å². The molecule has 170 valence electrons. The molecule has 3 aliphatic heterocycles. The number of aromatic nitrogens is 1. The van der Waals surface area contributed by atoms with Gasteiger partial charge in [-0.05, 0) is 78.9 Å². The van der Waals surface area contributed by atoms with Gasteiger partial charge >= 0.3 is 6.09 Å². The van der Waals surface area contributed by atoms with Crippen molar-refractivity contribution in [3.63, 3.8) is 0 Å². The minimum Gasteiger partial charge on any atom is -0.478 e. The van der Waals surface area contributed by atoms with Crippen LogP contribution in [0.5, 0.6) is 5.88 Å². The number of pyridine rings is 1. The van der Waals surface area contributed by atoms with Gasteiger partial charge in [0.25, 0.3) is 0 Å². The predicted octanol–water partition coefficient (Wildman–Crippen LogP) is 4.59. The smallest absolute Gasteiger partial charge is 0.407 e. The van der Waals surface area contributed by atoms with Gasteiger partial charge in [0.15, 0.2) is 0 Å². The number of ether oxygens (including phenoxy) is 2. The summed E-state index contributed by atoms with van der Waals surface area (Å²) in [5, 5.41) is 3.21. The van der Waals surface area contributed by atoms with Gasteiger partial charge in [-0.3, -0.25) is 4.90 Å². The van der Waals surface area contributed by atoms with Crippen LogP contribution < -0.4 is 10.1 Å². The summed E-state index contributed by atoms with van der Waals surface area (Å²) in [6.07, 6.45) is 4.71. The summed E-state index contributed by atoms with van der Waals surface area (Å²) in [5.74, 6) is 1.15. The van der Waals surface area contributed by atoms with E-state index in [2.05, 4.69) is 47.2 Å². The summed E-state index contributed by atoms with van der Waals surface area (Å²) in [7, 11) is 0. The molecule has 6 heteroatoms. The highest BCUT2D eigenvalue weighted by molar-refractivity contribution is 5.70. The zero-order chi connectivity index (χ0) is 22.3. The monoisotopic (exact) mass is 435 g/mol. The molecular formula is C26H33N3O3. The highest BCUT2D eigenvalue weighted by Gasteiger charge is 2.42. The average Bonchev–Trinajstić information content (AvgIpc) is 3.03. The molecule has 0 spiro atoms. The molecule has 6 rings (SSSR count). The van der Waals surface area contributed by atoms with E-state index in [0.29, 0.717) is 18.4 Å². The Morgan fingerprint density at radius 1 is 1.19 bits per heavy atom. The minimum atomic E-state index is -0.283. The van der Waals surface area contributed by atoms with Crippen LogP contribution in [0, 0.1) is 11.3 Å². The summed E-state index contributed by atoms with van der Waals surface area (Å²) >= 11 is 0.